The summed E-state index contributed by atoms with van der Waals surface area (Å²) in [7, 11) is 0. The number of aliphatic carboxylic acids is 1. The number of likely N-dealkylation sites (tertiary alicyclic amines) is 1. The Bertz CT molecular complexity index is 1020. The van der Waals surface area contributed by atoms with E-state index in [4.69, 9.17) is 0 Å². The Balaban J connectivity index is 2.14. The second kappa shape index (κ2) is 7.53. The van der Waals surface area contributed by atoms with E-state index < -0.39 is 26.9 Å². The molecule has 0 spiro atoms. The van der Waals surface area contributed by atoms with E-state index in [0.29, 0.717) is 12.1 Å². The van der Waals surface area contributed by atoms with Crippen LogP contribution in [0.4, 0.5) is 16.2 Å². The van der Waals surface area contributed by atoms with Gasteiger partial charge < -0.3 is 10.2 Å². The maximum absolute atomic E-state index is 12.5. The van der Waals surface area contributed by atoms with Crippen molar-refractivity contribution < 1.29 is 24.7 Å². The molecule has 0 aromatic heterocycles. The molecule has 1 amide bonds. The van der Waals surface area contributed by atoms with E-state index in [1.54, 1.807) is 6.92 Å². The number of carboxylic acid groups (broad SMARTS) is 2. The molecule has 8 heteroatoms. The van der Waals surface area contributed by atoms with Gasteiger partial charge in [-0.05, 0) is 43.9 Å². The number of non-ortho nitro benzene ring substituents is 1. The van der Waals surface area contributed by atoms with Gasteiger partial charge in [0.1, 0.15) is 24.2 Å². The fourth-order valence-electron chi connectivity index (χ4n) is 4.42. The fourth-order valence-corrected chi connectivity index (χ4v) is 4.42. The predicted octanol–water partition coefficient (Wildman–Crippen LogP) is 4.48. The Kier molecular flexibility index (Phi) is 5.38. The number of quaternary nitrogens is 1. The Morgan fingerprint density at radius 3 is 2.23 bits per heavy atom. The molecule has 2 N–H and O–H groups in total. The topological polar surface area (TPSA) is 118 Å². The van der Waals surface area contributed by atoms with Gasteiger partial charge in [0.05, 0.1) is 4.92 Å². The molecular weight excluding hydrogens is 388 g/mol. The largest absolute Gasteiger partial charge is 0.518 e. The van der Waals surface area contributed by atoms with Gasteiger partial charge in [-0.1, -0.05) is 18.2 Å². The normalized spacial score (nSPS) is 26.2. The third-order valence-corrected chi connectivity index (χ3v) is 6.29. The SMILES string of the molecule is Cc1ccc(C2CC(C)(C(=O)O)C[N+](C(=O)O)(c3ccc([N+](=O)[O-])cc3)C2)cc1C. The molecule has 0 bridgehead atoms. The summed E-state index contributed by atoms with van der Waals surface area (Å²) >= 11 is 0. The molecule has 158 valence electrons. The van der Waals surface area contributed by atoms with Gasteiger partial charge in [-0.2, -0.15) is 9.28 Å². The predicted molar refractivity (Wildman–Crippen MR) is 112 cm³/mol. The molecule has 3 rings (SSSR count). The van der Waals surface area contributed by atoms with Crippen molar-refractivity contribution in [3.05, 3.63) is 69.3 Å². The number of hydrogen-bond acceptors (Lipinski definition) is 4. The molecule has 3 atom stereocenters. The summed E-state index contributed by atoms with van der Waals surface area (Å²) in [5.41, 5.74) is 1.96. The van der Waals surface area contributed by atoms with Gasteiger partial charge in [0.2, 0.25) is 0 Å². The maximum atomic E-state index is 12.5. The molecule has 0 aliphatic carbocycles. The minimum atomic E-state index is -1.28. The number of piperidine rings is 1. The number of nitro benzene ring substituents is 1. The molecule has 1 fully saturated rings. The number of rotatable bonds is 4. The number of hydrogen-bond donors (Lipinski definition) is 2. The van der Waals surface area contributed by atoms with Crippen LogP contribution < -0.4 is 4.48 Å². The van der Waals surface area contributed by atoms with Gasteiger partial charge >= 0.3 is 12.1 Å². The third-order valence-electron chi connectivity index (χ3n) is 6.29. The Hall–Kier alpha value is -3.26. The van der Waals surface area contributed by atoms with Gasteiger partial charge in [-0.15, -0.1) is 0 Å². The molecule has 1 saturated heterocycles. The molecule has 1 aliphatic heterocycles. The lowest BCUT2D eigenvalue weighted by Crippen LogP contribution is -2.65. The summed E-state index contributed by atoms with van der Waals surface area (Å²) in [6, 6.07) is 11.2. The third kappa shape index (κ3) is 3.66. The lowest BCUT2D eigenvalue weighted by Gasteiger charge is -2.45. The molecular formula is C22H25N2O6+. The van der Waals surface area contributed by atoms with Crippen molar-refractivity contribution in [3.63, 3.8) is 0 Å². The van der Waals surface area contributed by atoms with E-state index in [1.165, 1.54) is 24.3 Å². The zero-order valence-electron chi connectivity index (χ0n) is 17.2. The van der Waals surface area contributed by atoms with Crippen molar-refractivity contribution >= 4 is 23.4 Å². The minimum Gasteiger partial charge on any atom is -0.481 e. The average molecular weight is 413 g/mol. The van der Waals surface area contributed by atoms with Gasteiger partial charge in [0, 0.05) is 30.2 Å². The van der Waals surface area contributed by atoms with Gasteiger partial charge in [-0.3, -0.25) is 14.9 Å². The molecule has 8 nitrogen and oxygen atoms in total. The highest BCUT2D eigenvalue weighted by molar-refractivity contribution is 5.84. The Morgan fingerprint density at radius 1 is 1.10 bits per heavy atom. The van der Waals surface area contributed by atoms with Gasteiger partial charge in [0.25, 0.3) is 5.69 Å². The van der Waals surface area contributed by atoms with E-state index in [-0.39, 0.29) is 24.7 Å². The molecule has 0 radical (unpaired) electrons. The molecule has 3 unspecified atom stereocenters. The number of benzene rings is 2. The number of aryl methyl sites for hydroxylation is 2. The zero-order chi connectivity index (χ0) is 22.3. The van der Waals surface area contributed by atoms with E-state index in [1.807, 2.05) is 32.0 Å². The number of nitro groups is 1. The molecule has 2 aromatic carbocycles. The van der Waals surface area contributed by atoms with Crippen molar-refractivity contribution in [2.45, 2.75) is 33.1 Å². The summed E-state index contributed by atoms with van der Waals surface area (Å²) in [5.74, 6) is -1.35. The number of carbonyl (C=O) groups is 2. The van der Waals surface area contributed by atoms with Crippen molar-refractivity contribution in [2.24, 2.45) is 5.41 Å². The first-order chi connectivity index (χ1) is 14.0. The lowest BCUT2D eigenvalue weighted by molar-refractivity contribution is -0.384. The summed E-state index contributed by atoms with van der Waals surface area (Å²) in [4.78, 5) is 35.2. The monoisotopic (exact) mass is 413 g/mol. The van der Waals surface area contributed by atoms with Crippen LogP contribution in [0.5, 0.6) is 0 Å². The molecule has 1 heterocycles. The molecule has 30 heavy (non-hydrogen) atoms. The summed E-state index contributed by atoms with van der Waals surface area (Å²) < 4.78 is -0.599. The summed E-state index contributed by atoms with van der Waals surface area (Å²) in [5, 5.41) is 31.2. The van der Waals surface area contributed by atoms with E-state index >= 15 is 0 Å². The molecule has 0 saturated carbocycles. The van der Waals surface area contributed by atoms with Crippen molar-refractivity contribution in [3.8, 4) is 0 Å². The number of nitrogens with zero attached hydrogens (tertiary/aromatic N) is 2. The average Bonchev–Trinajstić information content (AvgIpc) is 2.69. The van der Waals surface area contributed by atoms with Gasteiger partial charge in [0.15, 0.2) is 0 Å². The maximum Gasteiger partial charge on any atom is 0.518 e. The quantitative estimate of drug-likeness (QED) is 0.434. The Labute approximate surface area is 174 Å². The smallest absolute Gasteiger partial charge is 0.481 e. The van der Waals surface area contributed by atoms with Crippen LogP contribution in [0, 0.1) is 29.4 Å². The second-order valence-electron chi connectivity index (χ2n) is 8.48. The number of amides is 1. The van der Waals surface area contributed by atoms with Crippen LogP contribution in [-0.4, -0.2) is 40.3 Å². The van der Waals surface area contributed by atoms with Crippen LogP contribution in [0.2, 0.25) is 0 Å². The highest BCUT2D eigenvalue weighted by Crippen LogP contribution is 2.45. The highest BCUT2D eigenvalue weighted by Gasteiger charge is 2.56. The van der Waals surface area contributed by atoms with Crippen LogP contribution in [0.25, 0.3) is 0 Å². The standard InChI is InChI=1S/C22H24N2O6/c1-14-4-5-16(10-15(14)2)17-11-22(3,20(25)26)13-24(12-17,21(27)28)19-8-6-18(7-9-19)23(29)30/h4-10,17H,11-13H2,1-3H3,(H-,25,26,27,28)/p+1. The summed E-state index contributed by atoms with van der Waals surface area (Å²) in [6.45, 7) is 5.54. The van der Waals surface area contributed by atoms with Gasteiger partial charge in [-0.25, -0.2) is 0 Å². The fraction of sp³-hybridized carbons (Fsp3) is 0.364. The summed E-state index contributed by atoms with van der Waals surface area (Å²) in [6.07, 6.45) is -0.865. The zero-order valence-corrected chi connectivity index (χ0v) is 17.2. The first kappa shape index (κ1) is 21.4. The van der Waals surface area contributed by atoms with Crippen molar-refractivity contribution in [1.82, 2.24) is 4.48 Å². The van der Waals surface area contributed by atoms with Crippen LogP contribution in [-0.2, 0) is 4.79 Å². The van der Waals surface area contributed by atoms with Crippen LogP contribution >= 0.6 is 0 Å². The molecule has 1 aliphatic rings. The number of carboxylic acids is 1. The highest BCUT2D eigenvalue weighted by atomic mass is 16.6. The van der Waals surface area contributed by atoms with Crippen molar-refractivity contribution in [2.75, 3.05) is 13.1 Å². The first-order valence-corrected chi connectivity index (χ1v) is 9.65. The van der Waals surface area contributed by atoms with Crippen LogP contribution in [0.15, 0.2) is 42.5 Å². The van der Waals surface area contributed by atoms with E-state index in [2.05, 4.69) is 0 Å². The first-order valence-electron chi connectivity index (χ1n) is 9.65. The minimum absolute atomic E-state index is 0.142. The van der Waals surface area contributed by atoms with Crippen LogP contribution in [0.1, 0.15) is 36.0 Å². The molecule has 2 aromatic rings. The second-order valence-corrected chi connectivity index (χ2v) is 8.48. The Morgan fingerprint density at radius 2 is 1.73 bits per heavy atom. The van der Waals surface area contributed by atoms with Crippen molar-refractivity contribution in [1.29, 1.82) is 0 Å². The van der Waals surface area contributed by atoms with E-state index in [0.717, 1.165) is 16.7 Å². The lowest BCUT2D eigenvalue weighted by atomic mass is 9.73. The van der Waals surface area contributed by atoms with E-state index in [9.17, 15) is 29.9 Å². The van der Waals surface area contributed by atoms with Crippen LogP contribution in [0.3, 0.4) is 0 Å².